The van der Waals surface area contributed by atoms with Crippen molar-refractivity contribution in [3.63, 3.8) is 0 Å². The maximum atomic E-state index is 12.6. The first kappa shape index (κ1) is 19.1. The number of likely N-dealkylation sites (N-methyl/N-ethyl adjacent to an activating group) is 1. The summed E-state index contributed by atoms with van der Waals surface area (Å²) < 4.78 is 0. The van der Waals surface area contributed by atoms with Gasteiger partial charge in [-0.1, -0.05) is 31.2 Å². The van der Waals surface area contributed by atoms with Gasteiger partial charge in [-0.25, -0.2) is 4.79 Å². The second-order valence-corrected chi connectivity index (χ2v) is 6.81. The van der Waals surface area contributed by atoms with Crippen molar-refractivity contribution in [2.45, 2.75) is 24.8 Å². The van der Waals surface area contributed by atoms with E-state index in [1.807, 2.05) is 31.2 Å². The van der Waals surface area contributed by atoms with Crippen LogP contribution < -0.4 is 5.32 Å². The molecule has 0 radical (unpaired) electrons. The van der Waals surface area contributed by atoms with Gasteiger partial charge in [0, 0.05) is 11.4 Å². The highest BCUT2D eigenvalue weighted by atomic mass is 32.2. The summed E-state index contributed by atoms with van der Waals surface area (Å²) in [7, 11) is 0. The minimum absolute atomic E-state index is 0.0922. The predicted molar refractivity (Wildman–Crippen MR) is 102 cm³/mol. The summed E-state index contributed by atoms with van der Waals surface area (Å²) in [5, 5.41) is 22.8. The number of aliphatic hydroxyl groups is 1. The number of aromatic hydroxyl groups is 1. The summed E-state index contributed by atoms with van der Waals surface area (Å²) in [6, 6.07) is 13.9. The number of thioether (sulfide) groups is 1. The lowest BCUT2D eigenvalue weighted by molar-refractivity contribution is 0.128. The van der Waals surface area contributed by atoms with Crippen LogP contribution in [-0.4, -0.2) is 40.0 Å². The molecule has 2 aromatic rings. The predicted octanol–water partition coefficient (Wildman–Crippen LogP) is 4.09. The molecule has 1 atom stereocenters. The molecule has 0 heterocycles. The Morgan fingerprint density at radius 3 is 2.64 bits per heavy atom. The first-order valence-corrected chi connectivity index (χ1v) is 9.28. The van der Waals surface area contributed by atoms with E-state index in [-0.39, 0.29) is 18.3 Å². The van der Waals surface area contributed by atoms with Crippen LogP contribution in [0.3, 0.4) is 0 Å². The summed E-state index contributed by atoms with van der Waals surface area (Å²) in [6.07, 6.45) is -0.863. The van der Waals surface area contributed by atoms with Crippen molar-refractivity contribution in [1.29, 1.82) is 0 Å². The number of benzene rings is 2. The van der Waals surface area contributed by atoms with Crippen LogP contribution in [0.2, 0.25) is 0 Å². The number of carbonyl (C=O) groups excluding carboxylic acids is 1. The second kappa shape index (κ2) is 9.34. The topological polar surface area (TPSA) is 72.8 Å². The summed E-state index contributed by atoms with van der Waals surface area (Å²) >= 11 is 1.67. The number of amides is 2. The largest absolute Gasteiger partial charge is 0.508 e. The number of phenolic OH excluding ortho intramolecular Hbond substituents is 1. The Bertz CT molecular complexity index is 709. The Labute approximate surface area is 152 Å². The Morgan fingerprint density at radius 1 is 1.20 bits per heavy atom. The van der Waals surface area contributed by atoms with E-state index < -0.39 is 6.10 Å². The van der Waals surface area contributed by atoms with E-state index >= 15 is 0 Å². The molecule has 0 aliphatic rings. The number of phenols is 1. The summed E-state index contributed by atoms with van der Waals surface area (Å²) in [6.45, 7) is 4.54. The minimum Gasteiger partial charge on any atom is -0.508 e. The van der Waals surface area contributed by atoms with Gasteiger partial charge in [-0.05, 0) is 42.5 Å². The van der Waals surface area contributed by atoms with Gasteiger partial charge in [0.1, 0.15) is 5.75 Å². The number of para-hydroxylation sites is 1. The van der Waals surface area contributed by atoms with Crippen LogP contribution in [0.5, 0.6) is 5.75 Å². The van der Waals surface area contributed by atoms with E-state index in [4.69, 9.17) is 0 Å². The number of aliphatic hydroxyl groups excluding tert-OH is 1. The van der Waals surface area contributed by atoms with Gasteiger partial charge in [-0.3, -0.25) is 0 Å². The number of hydrogen-bond donors (Lipinski definition) is 3. The molecule has 0 spiro atoms. The van der Waals surface area contributed by atoms with E-state index in [9.17, 15) is 15.0 Å². The molecular formula is C19H24N2O3S. The maximum absolute atomic E-state index is 12.6. The molecule has 0 aromatic heterocycles. The van der Waals surface area contributed by atoms with E-state index in [0.29, 0.717) is 12.1 Å². The fraction of sp³-hybridized carbons (Fsp3) is 0.316. The molecule has 0 bridgehead atoms. The van der Waals surface area contributed by atoms with Gasteiger partial charge >= 0.3 is 6.03 Å². The zero-order valence-electron chi connectivity index (χ0n) is 14.5. The highest BCUT2D eigenvalue weighted by Gasteiger charge is 2.18. The average Bonchev–Trinajstić information content (AvgIpc) is 2.61. The molecule has 0 aliphatic carbocycles. The van der Waals surface area contributed by atoms with Gasteiger partial charge in [0.15, 0.2) is 0 Å². The molecule has 25 heavy (non-hydrogen) atoms. The standard InChI is InChI=1S/C19H24N2O3S/c1-3-21(13-17(23)14-8-7-9-15(22)12-14)19(24)20-16-10-5-6-11-18(16)25-4-2/h5-12,17,22-23H,3-4,13H2,1-2H3,(H,20,24)/t17-/m0/s1. The quantitative estimate of drug-likeness (QED) is 0.650. The minimum atomic E-state index is -0.863. The van der Waals surface area contributed by atoms with Gasteiger partial charge in [-0.15, -0.1) is 11.8 Å². The number of carbonyl (C=O) groups is 1. The van der Waals surface area contributed by atoms with Gasteiger partial charge in [-0.2, -0.15) is 0 Å². The van der Waals surface area contributed by atoms with Gasteiger partial charge in [0.2, 0.25) is 0 Å². The van der Waals surface area contributed by atoms with Crippen LogP contribution in [0.15, 0.2) is 53.4 Å². The smallest absolute Gasteiger partial charge is 0.321 e. The number of urea groups is 1. The lowest BCUT2D eigenvalue weighted by atomic mass is 10.1. The van der Waals surface area contributed by atoms with Gasteiger partial charge < -0.3 is 20.4 Å². The van der Waals surface area contributed by atoms with Crippen molar-refractivity contribution in [2.75, 3.05) is 24.2 Å². The normalized spacial score (nSPS) is 11.8. The van der Waals surface area contributed by atoms with Crippen molar-refractivity contribution in [3.05, 3.63) is 54.1 Å². The average molecular weight is 360 g/mol. The molecule has 134 valence electrons. The molecule has 2 aromatic carbocycles. The zero-order valence-corrected chi connectivity index (χ0v) is 15.3. The Hall–Kier alpha value is -2.18. The molecule has 0 aliphatic heterocycles. The number of anilines is 1. The number of nitrogens with one attached hydrogen (secondary N) is 1. The molecule has 2 amide bonds. The molecule has 0 saturated carbocycles. The van der Waals surface area contributed by atoms with Crippen LogP contribution in [0.1, 0.15) is 25.5 Å². The Morgan fingerprint density at radius 2 is 1.96 bits per heavy atom. The Balaban J connectivity index is 2.06. The van der Waals surface area contributed by atoms with Crippen LogP contribution in [0.4, 0.5) is 10.5 Å². The monoisotopic (exact) mass is 360 g/mol. The van der Waals surface area contributed by atoms with Crippen molar-refractivity contribution in [1.82, 2.24) is 4.90 Å². The third kappa shape index (κ3) is 5.41. The molecule has 3 N–H and O–H groups in total. The fourth-order valence-electron chi connectivity index (χ4n) is 2.45. The van der Waals surface area contributed by atoms with E-state index in [1.165, 1.54) is 6.07 Å². The molecule has 6 heteroatoms. The second-order valence-electron chi connectivity index (χ2n) is 5.51. The zero-order chi connectivity index (χ0) is 18.2. The van der Waals surface area contributed by atoms with Crippen LogP contribution >= 0.6 is 11.8 Å². The van der Waals surface area contributed by atoms with Gasteiger partial charge in [0.05, 0.1) is 18.3 Å². The lowest BCUT2D eigenvalue weighted by Crippen LogP contribution is -2.37. The molecule has 0 fully saturated rings. The summed E-state index contributed by atoms with van der Waals surface area (Å²) in [5.41, 5.74) is 1.35. The Kier molecular flexibility index (Phi) is 7.16. The maximum Gasteiger partial charge on any atom is 0.321 e. The first-order chi connectivity index (χ1) is 12.0. The van der Waals surface area contributed by atoms with Crippen molar-refractivity contribution < 1.29 is 15.0 Å². The summed E-state index contributed by atoms with van der Waals surface area (Å²) in [4.78, 5) is 15.1. The highest BCUT2D eigenvalue weighted by molar-refractivity contribution is 7.99. The van der Waals surface area contributed by atoms with E-state index in [1.54, 1.807) is 34.9 Å². The van der Waals surface area contributed by atoms with Crippen LogP contribution in [0, 0.1) is 0 Å². The van der Waals surface area contributed by atoms with E-state index in [0.717, 1.165) is 16.3 Å². The third-order valence-corrected chi connectivity index (χ3v) is 4.70. The van der Waals surface area contributed by atoms with Crippen LogP contribution in [-0.2, 0) is 0 Å². The fourth-order valence-corrected chi connectivity index (χ4v) is 3.21. The number of nitrogens with zero attached hydrogens (tertiary/aromatic N) is 1. The molecular weight excluding hydrogens is 336 g/mol. The summed E-state index contributed by atoms with van der Waals surface area (Å²) in [5.74, 6) is 1.01. The van der Waals surface area contributed by atoms with Gasteiger partial charge in [0.25, 0.3) is 0 Å². The highest BCUT2D eigenvalue weighted by Crippen LogP contribution is 2.27. The first-order valence-electron chi connectivity index (χ1n) is 8.29. The van der Waals surface area contributed by atoms with E-state index in [2.05, 4.69) is 12.2 Å². The van der Waals surface area contributed by atoms with Crippen molar-refractivity contribution in [3.8, 4) is 5.75 Å². The lowest BCUT2D eigenvalue weighted by Gasteiger charge is -2.25. The molecule has 2 rings (SSSR count). The molecule has 0 unspecified atom stereocenters. The number of rotatable bonds is 7. The molecule has 5 nitrogen and oxygen atoms in total. The SMILES string of the molecule is CCSc1ccccc1NC(=O)N(CC)C[C@H](O)c1cccc(O)c1. The molecule has 0 saturated heterocycles. The number of hydrogen-bond acceptors (Lipinski definition) is 4. The third-order valence-electron chi connectivity index (χ3n) is 3.75. The van der Waals surface area contributed by atoms with Crippen molar-refractivity contribution >= 4 is 23.5 Å². The van der Waals surface area contributed by atoms with Crippen LogP contribution in [0.25, 0.3) is 0 Å². The van der Waals surface area contributed by atoms with Crippen molar-refractivity contribution in [2.24, 2.45) is 0 Å².